The highest BCUT2D eigenvalue weighted by molar-refractivity contribution is 7.98. The van der Waals surface area contributed by atoms with Crippen molar-refractivity contribution in [3.8, 4) is 0 Å². The number of carboxylic acid groups (broad SMARTS) is 1. The van der Waals surface area contributed by atoms with Crippen LogP contribution in [0.15, 0.2) is 17.0 Å². The van der Waals surface area contributed by atoms with Crippen LogP contribution in [0.1, 0.15) is 30.6 Å². The molecule has 1 atom stereocenters. The minimum atomic E-state index is -0.916. The Balaban J connectivity index is 2.82. The summed E-state index contributed by atoms with van der Waals surface area (Å²) in [4.78, 5) is 24.2. The third-order valence-electron chi connectivity index (χ3n) is 3.10. The quantitative estimate of drug-likeness (QED) is 0.712. The first-order valence-electron chi connectivity index (χ1n) is 6.80. The smallest absolute Gasteiger partial charge is 0.308 e. The largest absolute Gasteiger partial charge is 0.481 e. The standard InChI is InChI=1S/C15H19Cl2NO3S/c1-8(2)4-9(15(20)21)7-18-14(19)10-5-13(22-3)12(17)6-11(10)16/h5-6,8-9H,4,7H2,1-3H3,(H,18,19)(H,20,21). The summed E-state index contributed by atoms with van der Waals surface area (Å²) in [5.41, 5.74) is 0.295. The first-order chi connectivity index (χ1) is 10.3. The molecule has 0 aliphatic heterocycles. The van der Waals surface area contributed by atoms with E-state index in [9.17, 15) is 14.7 Å². The van der Waals surface area contributed by atoms with Crippen molar-refractivity contribution in [2.24, 2.45) is 11.8 Å². The number of thioether (sulfide) groups is 1. The SMILES string of the molecule is CSc1cc(C(=O)NCC(CC(C)C)C(=O)O)c(Cl)cc1Cl. The highest BCUT2D eigenvalue weighted by Gasteiger charge is 2.21. The van der Waals surface area contributed by atoms with E-state index >= 15 is 0 Å². The summed E-state index contributed by atoms with van der Waals surface area (Å²) in [6.45, 7) is 3.96. The molecule has 0 aromatic heterocycles. The first kappa shape index (κ1) is 19.1. The predicted octanol–water partition coefficient (Wildman–Crippen LogP) is 4.19. The van der Waals surface area contributed by atoms with E-state index in [1.165, 1.54) is 17.8 Å². The maximum Gasteiger partial charge on any atom is 0.308 e. The van der Waals surface area contributed by atoms with Crippen LogP contribution in [0.2, 0.25) is 10.0 Å². The van der Waals surface area contributed by atoms with E-state index in [1.54, 1.807) is 6.07 Å². The van der Waals surface area contributed by atoms with Crippen molar-refractivity contribution in [3.05, 3.63) is 27.7 Å². The Morgan fingerprint density at radius 2 is 1.91 bits per heavy atom. The van der Waals surface area contributed by atoms with Crippen molar-refractivity contribution >= 4 is 46.8 Å². The first-order valence-corrected chi connectivity index (χ1v) is 8.78. The average Bonchev–Trinajstić information content (AvgIpc) is 2.42. The molecule has 0 aliphatic carbocycles. The number of hydrogen-bond donors (Lipinski definition) is 2. The van der Waals surface area contributed by atoms with Crippen LogP contribution < -0.4 is 5.32 Å². The number of benzene rings is 1. The van der Waals surface area contributed by atoms with Crippen molar-refractivity contribution in [3.63, 3.8) is 0 Å². The van der Waals surface area contributed by atoms with Gasteiger partial charge < -0.3 is 10.4 Å². The van der Waals surface area contributed by atoms with Gasteiger partial charge in [0, 0.05) is 11.4 Å². The number of rotatable bonds is 7. The molecule has 1 amide bonds. The number of nitrogens with one attached hydrogen (secondary N) is 1. The molecule has 0 saturated carbocycles. The summed E-state index contributed by atoms with van der Waals surface area (Å²) in [5.74, 6) is -1.69. The van der Waals surface area contributed by atoms with Crippen LogP contribution in [-0.4, -0.2) is 29.8 Å². The molecule has 0 radical (unpaired) electrons. The molecular formula is C15H19Cl2NO3S. The van der Waals surface area contributed by atoms with Gasteiger partial charge in [0.15, 0.2) is 0 Å². The van der Waals surface area contributed by atoms with Crippen molar-refractivity contribution < 1.29 is 14.7 Å². The zero-order valence-electron chi connectivity index (χ0n) is 12.7. The molecule has 22 heavy (non-hydrogen) atoms. The van der Waals surface area contributed by atoms with E-state index in [2.05, 4.69) is 5.32 Å². The normalized spacial score (nSPS) is 12.3. The second-order valence-corrected chi connectivity index (χ2v) is 7.00. The van der Waals surface area contributed by atoms with Crippen LogP contribution in [0.5, 0.6) is 0 Å². The van der Waals surface area contributed by atoms with E-state index in [4.69, 9.17) is 23.2 Å². The van der Waals surface area contributed by atoms with Crippen LogP contribution in [0, 0.1) is 11.8 Å². The van der Waals surface area contributed by atoms with Gasteiger partial charge in [-0.2, -0.15) is 0 Å². The zero-order valence-corrected chi connectivity index (χ0v) is 15.0. The molecule has 0 heterocycles. The monoisotopic (exact) mass is 363 g/mol. The topological polar surface area (TPSA) is 66.4 Å². The maximum atomic E-state index is 12.2. The molecule has 0 bridgehead atoms. The molecule has 4 nitrogen and oxygen atoms in total. The van der Waals surface area contributed by atoms with Gasteiger partial charge in [-0.05, 0) is 30.7 Å². The van der Waals surface area contributed by atoms with Gasteiger partial charge in [-0.3, -0.25) is 9.59 Å². The van der Waals surface area contributed by atoms with E-state index in [0.29, 0.717) is 17.0 Å². The van der Waals surface area contributed by atoms with Gasteiger partial charge in [0.2, 0.25) is 0 Å². The highest BCUT2D eigenvalue weighted by Crippen LogP contribution is 2.31. The Kier molecular flexibility index (Phi) is 7.53. The number of hydrogen-bond acceptors (Lipinski definition) is 3. The molecule has 1 aromatic rings. The summed E-state index contributed by atoms with van der Waals surface area (Å²) in [6.07, 6.45) is 2.35. The molecule has 1 aromatic carbocycles. The molecule has 2 N–H and O–H groups in total. The van der Waals surface area contributed by atoms with Crippen molar-refractivity contribution in [1.82, 2.24) is 5.32 Å². The minimum absolute atomic E-state index is 0.0693. The van der Waals surface area contributed by atoms with Gasteiger partial charge in [0.25, 0.3) is 5.91 Å². The second kappa shape index (κ2) is 8.65. The number of amides is 1. The van der Waals surface area contributed by atoms with Crippen LogP contribution in [0.3, 0.4) is 0 Å². The van der Waals surface area contributed by atoms with Crippen molar-refractivity contribution in [1.29, 1.82) is 0 Å². The molecule has 0 spiro atoms. The van der Waals surface area contributed by atoms with Crippen molar-refractivity contribution in [2.45, 2.75) is 25.2 Å². The van der Waals surface area contributed by atoms with Crippen LogP contribution >= 0.6 is 35.0 Å². The molecule has 1 unspecified atom stereocenters. The van der Waals surface area contributed by atoms with E-state index < -0.39 is 17.8 Å². The lowest BCUT2D eigenvalue weighted by Crippen LogP contribution is -2.33. The molecule has 122 valence electrons. The van der Waals surface area contributed by atoms with Gasteiger partial charge in [-0.25, -0.2) is 0 Å². The zero-order chi connectivity index (χ0) is 16.9. The van der Waals surface area contributed by atoms with Gasteiger partial charge in [0.1, 0.15) is 0 Å². The number of aliphatic carboxylic acids is 1. The Bertz CT molecular complexity index is 564. The average molecular weight is 364 g/mol. The number of carbonyl (C=O) groups excluding carboxylic acids is 1. The van der Waals surface area contributed by atoms with Crippen LogP contribution in [0.25, 0.3) is 0 Å². The van der Waals surface area contributed by atoms with Crippen molar-refractivity contribution in [2.75, 3.05) is 12.8 Å². The summed E-state index contributed by atoms with van der Waals surface area (Å²) >= 11 is 13.5. The van der Waals surface area contributed by atoms with E-state index in [-0.39, 0.29) is 17.5 Å². The van der Waals surface area contributed by atoms with E-state index in [0.717, 1.165) is 4.90 Å². The lowest BCUT2D eigenvalue weighted by molar-refractivity contribution is -0.142. The Hall–Kier alpha value is -0.910. The number of carbonyl (C=O) groups is 2. The van der Waals surface area contributed by atoms with E-state index in [1.807, 2.05) is 20.1 Å². The number of carboxylic acids is 1. The minimum Gasteiger partial charge on any atom is -0.481 e. The fourth-order valence-electron chi connectivity index (χ4n) is 2.01. The molecule has 0 fully saturated rings. The fraction of sp³-hybridized carbons (Fsp3) is 0.467. The molecule has 0 saturated heterocycles. The lowest BCUT2D eigenvalue weighted by atomic mass is 9.97. The summed E-state index contributed by atoms with van der Waals surface area (Å²) in [5, 5.41) is 12.6. The Labute approximate surface area is 144 Å². The molecule has 7 heteroatoms. The van der Waals surface area contributed by atoms with Gasteiger partial charge in [-0.1, -0.05) is 37.0 Å². The lowest BCUT2D eigenvalue weighted by Gasteiger charge is -2.16. The number of halogens is 2. The maximum absolute atomic E-state index is 12.2. The second-order valence-electron chi connectivity index (χ2n) is 5.34. The van der Waals surface area contributed by atoms with Crippen LogP contribution in [-0.2, 0) is 4.79 Å². The summed E-state index contributed by atoms with van der Waals surface area (Å²) in [7, 11) is 0. The highest BCUT2D eigenvalue weighted by atomic mass is 35.5. The summed E-state index contributed by atoms with van der Waals surface area (Å²) < 4.78 is 0. The summed E-state index contributed by atoms with van der Waals surface area (Å²) in [6, 6.07) is 3.13. The third kappa shape index (κ3) is 5.38. The fourth-order valence-corrected chi connectivity index (χ4v) is 3.20. The predicted molar refractivity (Wildman–Crippen MR) is 91.2 cm³/mol. The Morgan fingerprint density at radius 3 is 2.41 bits per heavy atom. The molecular weight excluding hydrogens is 345 g/mol. The molecule has 0 aliphatic rings. The Morgan fingerprint density at radius 1 is 1.27 bits per heavy atom. The van der Waals surface area contributed by atoms with Gasteiger partial charge >= 0.3 is 5.97 Å². The van der Waals surface area contributed by atoms with Gasteiger partial charge in [-0.15, -0.1) is 11.8 Å². The molecule has 1 rings (SSSR count). The third-order valence-corrected chi connectivity index (χ3v) is 4.62. The van der Waals surface area contributed by atoms with Crippen LogP contribution in [0.4, 0.5) is 0 Å². The van der Waals surface area contributed by atoms with Gasteiger partial charge in [0.05, 0.1) is 21.5 Å².